The van der Waals surface area contributed by atoms with Gasteiger partial charge in [0.05, 0.1) is 0 Å². The average molecular weight is 477 g/mol. The van der Waals surface area contributed by atoms with Crippen molar-refractivity contribution in [2.75, 3.05) is 0 Å². The normalized spacial score (nSPS) is 12.4. The molecule has 0 nitrogen and oxygen atoms in total. The summed E-state index contributed by atoms with van der Waals surface area (Å²) in [5.74, 6) is 0. The van der Waals surface area contributed by atoms with Gasteiger partial charge in [-0.05, 0) is 169 Å². The van der Waals surface area contributed by atoms with Gasteiger partial charge in [0.1, 0.15) is 0 Å². The summed E-state index contributed by atoms with van der Waals surface area (Å²) < 4.78 is 0. The molecule has 7 aromatic carbocycles. The lowest BCUT2D eigenvalue weighted by Crippen LogP contribution is -2.11. The minimum Gasteiger partial charge on any atom is -0.0908 e. The second kappa shape index (κ2) is 7.11. The molecule has 0 heterocycles. The summed E-state index contributed by atoms with van der Waals surface area (Å²) in [6, 6.07) is 16.1. The predicted molar refractivity (Wildman–Crippen MR) is 166 cm³/mol. The lowest BCUT2D eigenvalue weighted by Gasteiger charge is -2.22. The molecule has 0 saturated heterocycles. The number of hydrogen-bond acceptors (Lipinski definition) is 0. The number of hydrogen-bond donors (Lipinski definition) is 0. The molecule has 37 heavy (non-hydrogen) atoms. The molecule has 0 aliphatic carbocycles. The highest BCUT2D eigenvalue weighted by atomic mass is 14.2. The zero-order valence-electron chi connectivity index (χ0n) is 23.0. The van der Waals surface area contributed by atoms with Crippen LogP contribution in [0.3, 0.4) is 0 Å². The molecular formula is C37H32. The van der Waals surface area contributed by atoms with Crippen LogP contribution in [-0.4, -0.2) is 0 Å². The number of rotatable bonds is 0. The number of fused-ring (bicyclic) bond motifs is 4. The summed E-state index contributed by atoms with van der Waals surface area (Å²) in [6.07, 6.45) is 0. The van der Waals surface area contributed by atoms with E-state index in [0.717, 1.165) is 10.4 Å². The van der Waals surface area contributed by atoms with E-state index in [1.165, 1.54) is 104 Å². The summed E-state index contributed by atoms with van der Waals surface area (Å²) in [4.78, 5) is 0. The lowest BCUT2D eigenvalue weighted by molar-refractivity contribution is 1.31. The maximum absolute atomic E-state index is 4.75. The van der Waals surface area contributed by atoms with Crippen molar-refractivity contribution in [3.05, 3.63) is 91.8 Å². The predicted octanol–water partition coefficient (Wildman–Crippen LogP) is 9.02. The highest BCUT2D eigenvalue weighted by Crippen LogP contribution is 2.43. The fraction of sp³-hybridized carbons (Fsp3) is 0.189. The fourth-order valence-electron chi connectivity index (χ4n) is 7.50. The zero-order chi connectivity index (χ0) is 26.1. The minimum atomic E-state index is 1.16. The SMILES string of the molecule is C=c1c(C)c(C)c2cccc3c4cc5c(c(C)c4c(C)c1c23)c(=C)c1c(C)c(C)c(C)c2cccc5c21. The molecule has 0 fully saturated rings. The molecule has 0 aromatic heterocycles. The van der Waals surface area contributed by atoms with Gasteiger partial charge >= 0.3 is 0 Å². The summed E-state index contributed by atoms with van der Waals surface area (Å²) in [5, 5.41) is 18.3. The minimum absolute atomic E-state index is 1.16. The molecule has 0 radical (unpaired) electrons. The molecule has 0 aliphatic heterocycles. The molecule has 180 valence electrons. The van der Waals surface area contributed by atoms with Crippen molar-refractivity contribution in [1.29, 1.82) is 0 Å². The Morgan fingerprint density at radius 3 is 1.41 bits per heavy atom. The third-order valence-electron chi connectivity index (χ3n) is 9.77. The van der Waals surface area contributed by atoms with E-state index < -0.39 is 0 Å². The zero-order valence-corrected chi connectivity index (χ0v) is 23.0. The van der Waals surface area contributed by atoms with Crippen LogP contribution >= 0.6 is 0 Å². The Labute approximate surface area is 217 Å². The Kier molecular flexibility index (Phi) is 4.28. The molecule has 0 saturated carbocycles. The van der Waals surface area contributed by atoms with E-state index in [2.05, 4.69) is 97.5 Å². The van der Waals surface area contributed by atoms with Crippen LogP contribution in [0.4, 0.5) is 0 Å². The first kappa shape index (κ1) is 22.3. The first-order chi connectivity index (χ1) is 17.6. The van der Waals surface area contributed by atoms with Crippen molar-refractivity contribution in [3.8, 4) is 0 Å². The summed E-state index contributed by atoms with van der Waals surface area (Å²) in [5.41, 5.74) is 9.40. The second-order valence-electron chi connectivity index (χ2n) is 11.3. The second-order valence-corrected chi connectivity index (χ2v) is 11.3. The summed E-state index contributed by atoms with van der Waals surface area (Å²) in [7, 11) is 0. The van der Waals surface area contributed by atoms with E-state index in [-0.39, 0.29) is 0 Å². The van der Waals surface area contributed by atoms with Crippen LogP contribution in [0.5, 0.6) is 0 Å². The quantitative estimate of drug-likeness (QED) is 0.151. The standard InChI is InChI=1S/C37H32/c1-17-19(3)26-12-10-14-28-30-16-31-29-15-11-13-27-20(4)18(2)22(6)35(37(27)29)25(9)33(31)23(7)32(30)24(8)34(21(17)5)36(26)28/h10-16H,5,9H2,1-4,6-8H3. The van der Waals surface area contributed by atoms with Crippen molar-refractivity contribution in [2.45, 2.75) is 48.5 Å². The monoisotopic (exact) mass is 476 g/mol. The van der Waals surface area contributed by atoms with Crippen molar-refractivity contribution < 1.29 is 0 Å². The van der Waals surface area contributed by atoms with Crippen LogP contribution in [0, 0.1) is 48.5 Å². The molecule has 0 bridgehead atoms. The van der Waals surface area contributed by atoms with Crippen LogP contribution in [0.2, 0.25) is 0 Å². The van der Waals surface area contributed by atoms with Crippen LogP contribution in [0.1, 0.15) is 38.9 Å². The van der Waals surface area contributed by atoms with Crippen LogP contribution in [0.25, 0.3) is 77.8 Å². The Hall–Kier alpha value is -3.90. The molecular weight excluding hydrogens is 444 g/mol. The summed E-state index contributed by atoms with van der Waals surface area (Å²) in [6.45, 7) is 25.2. The average Bonchev–Trinajstić information content (AvgIpc) is 2.89. The Balaban J connectivity index is 1.88. The maximum atomic E-state index is 4.75. The van der Waals surface area contributed by atoms with Gasteiger partial charge in [0, 0.05) is 0 Å². The molecule has 0 atom stereocenters. The molecule has 0 heteroatoms. The van der Waals surface area contributed by atoms with Crippen molar-refractivity contribution in [1.82, 2.24) is 0 Å². The summed E-state index contributed by atoms with van der Waals surface area (Å²) >= 11 is 0. The number of aryl methyl sites for hydroxylation is 5. The van der Waals surface area contributed by atoms with Gasteiger partial charge in [-0.3, -0.25) is 0 Å². The van der Waals surface area contributed by atoms with Crippen molar-refractivity contribution in [3.63, 3.8) is 0 Å². The maximum Gasteiger partial charge on any atom is -0.00211 e. The molecule has 7 rings (SSSR count). The van der Waals surface area contributed by atoms with Gasteiger partial charge in [0.2, 0.25) is 0 Å². The first-order valence-electron chi connectivity index (χ1n) is 13.3. The van der Waals surface area contributed by atoms with Gasteiger partial charge in [-0.2, -0.15) is 0 Å². The van der Waals surface area contributed by atoms with Crippen LogP contribution in [0.15, 0.2) is 42.5 Å². The molecule has 0 amide bonds. The van der Waals surface area contributed by atoms with Crippen molar-refractivity contribution in [2.24, 2.45) is 0 Å². The van der Waals surface area contributed by atoms with E-state index in [1.807, 2.05) is 0 Å². The van der Waals surface area contributed by atoms with E-state index in [4.69, 9.17) is 6.58 Å². The van der Waals surface area contributed by atoms with E-state index in [1.54, 1.807) is 0 Å². The van der Waals surface area contributed by atoms with Gasteiger partial charge in [-0.15, -0.1) is 0 Å². The molecule has 0 aliphatic rings. The molecule has 0 unspecified atom stereocenters. The number of benzene rings is 7. The van der Waals surface area contributed by atoms with Crippen LogP contribution < -0.4 is 10.4 Å². The Morgan fingerprint density at radius 2 is 0.811 bits per heavy atom. The molecule has 0 N–H and O–H groups in total. The first-order valence-corrected chi connectivity index (χ1v) is 13.3. The largest absolute Gasteiger partial charge is 0.0908 e. The lowest BCUT2D eigenvalue weighted by atomic mass is 9.81. The van der Waals surface area contributed by atoms with Gasteiger partial charge in [-0.25, -0.2) is 0 Å². The van der Waals surface area contributed by atoms with Gasteiger partial charge in [0.25, 0.3) is 0 Å². The third-order valence-corrected chi connectivity index (χ3v) is 9.77. The highest BCUT2D eigenvalue weighted by Gasteiger charge is 2.21. The van der Waals surface area contributed by atoms with Gasteiger partial charge < -0.3 is 0 Å². The van der Waals surface area contributed by atoms with Crippen LogP contribution in [-0.2, 0) is 0 Å². The van der Waals surface area contributed by atoms with Crippen molar-refractivity contribution >= 4 is 77.8 Å². The topological polar surface area (TPSA) is 0 Å². The third kappa shape index (κ3) is 2.49. The van der Waals surface area contributed by atoms with Gasteiger partial charge in [-0.1, -0.05) is 49.6 Å². The van der Waals surface area contributed by atoms with E-state index >= 15 is 0 Å². The smallest absolute Gasteiger partial charge is 0.00211 e. The van der Waals surface area contributed by atoms with E-state index in [9.17, 15) is 0 Å². The van der Waals surface area contributed by atoms with Gasteiger partial charge in [0.15, 0.2) is 0 Å². The van der Waals surface area contributed by atoms with E-state index in [0.29, 0.717) is 0 Å². The highest BCUT2D eigenvalue weighted by molar-refractivity contribution is 6.30. The molecule has 0 spiro atoms. The Bertz CT molecular complexity index is 2280. The molecule has 7 aromatic rings. The fourth-order valence-corrected chi connectivity index (χ4v) is 7.50. The Morgan fingerprint density at radius 1 is 0.351 bits per heavy atom.